The summed E-state index contributed by atoms with van der Waals surface area (Å²) in [6.07, 6.45) is 7.78. The summed E-state index contributed by atoms with van der Waals surface area (Å²) in [7, 11) is 0. The average molecular weight is 264 g/mol. The number of nitrogens with zero attached hydrogens (tertiary/aromatic N) is 1. The van der Waals surface area contributed by atoms with Crippen LogP contribution in [0, 0.1) is 21.8 Å². The van der Waals surface area contributed by atoms with Gasteiger partial charge in [-0.05, 0) is 43.4 Å². The zero-order valence-corrected chi connectivity index (χ0v) is 10.6. The Morgan fingerprint density at radius 1 is 1.42 bits per heavy atom. The molecule has 1 atom stereocenters. The van der Waals surface area contributed by atoms with Gasteiger partial charge in [0, 0.05) is 12.6 Å². The second-order valence-electron chi connectivity index (χ2n) is 4.82. The first-order valence-electron chi connectivity index (χ1n) is 6.45. The third-order valence-corrected chi connectivity index (χ3v) is 3.35. The first-order chi connectivity index (χ1) is 9.16. The minimum absolute atomic E-state index is 0.471. The number of hydrogen-bond donors (Lipinski definition) is 1. The largest absolute Gasteiger partial charge is 0.312 e. The number of rotatable bonds is 5. The van der Waals surface area contributed by atoms with Crippen LogP contribution in [-0.2, 0) is 6.54 Å². The molecule has 1 unspecified atom stereocenters. The topological polar surface area (TPSA) is 55.2 Å². The molecule has 1 aromatic rings. The molecule has 0 fully saturated rings. The second-order valence-corrected chi connectivity index (χ2v) is 4.82. The van der Waals surface area contributed by atoms with Crippen LogP contribution in [0.4, 0.5) is 10.1 Å². The van der Waals surface area contributed by atoms with Gasteiger partial charge >= 0.3 is 5.69 Å². The molecule has 5 heteroatoms. The highest BCUT2D eigenvalue weighted by molar-refractivity contribution is 5.34. The van der Waals surface area contributed by atoms with E-state index in [1.54, 1.807) is 6.07 Å². The van der Waals surface area contributed by atoms with Crippen LogP contribution in [-0.4, -0.2) is 11.5 Å². The molecular weight excluding hydrogens is 247 g/mol. The molecule has 0 heterocycles. The standard InChI is InChI=1S/C14H17FN2O2/c15-13-8-12(6-7-14(13)17(18)19)10-16-9-11-4-2-1-3-5-11/h1-2,6-8,11,16H,3-5,9-10H2. The van der Waals surface area contributed by atoms with Gasteiger partial charge in [-0.2, -0.15) is 4.39 Å². The Labute approximate surface area is 111 Å². The first-order valence-corrected chi connectivity index (χ1v) is 6.45. The van der Waals surface area contributed by atoms with Crippen molar-refractivity contribution in [2.24, 2.45) is 5.92 Å². The van der Waals surface area contributed by atoms with Crippen molar-refractivity contribution in [1.82, 2.24) is 5.32 Å². The molecule has 0 amide bonds. The minimum Gasteiger partial charge on any atom is -0.312 e. The maximum atomic E-state index is 13.4. The van der Waals surface area contributed by atoms with Crippen LogP contribution >= 0.6 is 0 Å². The van der Waals surface area contributed by atoms with Crippen molar-refractivity contribution in [2.75, 3.05) is 6.54 Å². The minimum atomic E-state index is -0.773. The van der Waals surface area contributed by atoms with E-state index >= 15 is 0 Å². The molecular formula is C14H17FN2O2. The maximum Gasteiger partial charge on any atom is 0.304 e. The number of nitro benzene ring substituents is 1. The first kappa shape index (κ1) is 13.7. The Morgan fingerprint density at radius 3 is 2.89 bits per heavy atom. The van der Waals surface area contributed by atoms with Crippen LogP contribution in [0.1, 0.15) is 24.8 Å². The highest BCUT2D eigenvalue weighted by atomic mass is 19.1. The Bertz CT molecular complexity index is 488. The molecule has 102 valence electrons. The molecule has 1 N–H and O–H groups in total. The molecule has 4 nitrogen and oxygen atoms in total. The molecule has 1 aliphatic carbocycles. The molecule has 0 bridgehead atoms. The van der Waals surface area contributed by atoms with E-state index in [2.05, 4.69) is 17.5 Å². The summed E-state index contributed by atoms with van der Waals surface area (Å²) in [5.74, 6) is -0.141. The van der Waals surface area contributed by atoms with Crippen LogP contribution < -0.4 is 5.32 Å². The third-order valence-electron chi connectivity index (χ3n) is 3.35. The van der Waals surface area contributed by atoms with Crippen LogP contribution in [0.25, 0.3) is 0 Å². The summed E-state index contributed by atoms with van der Waals surface area (Å²) < 4.78 is 13.4. The molecule has 0 saturated carbocycles. The molecule has 0 saturated heterocycles. The van der Waals surface area contributed by atoms with Crippen molar-refractivity contribution in [1.29, 1.82) is 0 Å². The van der Waals surface area contributed by atoms with E-state index in [4.69, 9.17) is 0 Å². The van der Waals surface area contributed by atoms with Gasteiger partial charge in [-0.3, -0.25) is 10.1 Å². The lowest BCUT2D eigenvalue weighted by molar-refractivity contribution is -0.387. The molecule has 1 aliphatic rings. The van der Waals surface area contributed by atoms with E-state index in [1.807, 2.05) is 0 Å². The predicted molar refractivity (Wildman–Crippen MR) is 71.2 cm³/mol. The fourth-order valence-electron chi connectivity index (χ4n) is 2.27. The maximum absolute atomic E-state index is 13.4. The average Bonchev–Trinajstić information content (AvgIpc) is 2.39. The summed E-state index contributed by atoms with van der Waals surface area (Å²) >= 11 is 0. The summed E-state index contributed by atoms with van der Waals surface area (Å²) in [6.45, 7) is 1.43. The van der Waals surface area contributed by atoms with E-state index < -0.39 is 16.4 Å². The number of allylic oxidation sites excluding steroid dienone is 2. The van der Waals surface area contributed by atoms with Crippen molar-refractivity contribution in [3.8, 4) is 0 Å². The SMILES string of the molecule is O=[N+]([O-])c1ccc(CNCC2CC=CCC2)cc1F. The van der Waals surface area contributed by atoms with E-state index in [0.29, 0.717) is 12.5 Å². The summed E-state index contributed by atoms with van der Waals surface area (Å²) in [4.78, 5) is 9.79. The van der Waals surface area contributed by atoms with Crippen molar-refractivity contribution in [2.45, 2.75) is 25.8 Å². The zero-order chi connectivity index (χ0) is 13.7. The van der Waals surface area contributed by atoms with Crippen molar-refractivity contribution in [3.05, 3.63) is 51.8 Å². The van der Waals surface area contributed by atoms with E-state index in [0.717, 1.165) is 24.9 Å². The summed E-state index contributed by atoms with van der Waals surface area (Å²) in [6, 6.07) is 4.04. The molecule has 0 aliphatic heterocycles. The van der Waals surface area contributed by atoms with Crippen LogP contribution in [0.3, 0.4) is 0 Å². The van der Waals surface area contributed by atoms with Gasteiger partial charge in [0.05, 0.1) is 4.92 Å². The zero-order valence-electron chi connectivity index (χ0n) is 10.6. The van der Waals surface area contributed by atoms with Crippen molar-refractivity contribution >= 4 is 5.69 Å². The van der Waals surface area contributed by atoms with E-state index in [1.165, 1.54) is 18.6 Å². The van der Waals surface area contributed by atoms with Gasteiger partial charge < -0.3 is 5.32 Å². The lowest BCUT2D eigenvalue weighted by atomic mass is 9.94. The molecule has 19 heavy (non-hydrogen) atoms. The monoisotopic (exact) mass is 264 g/mol. The number of hydrogen-bond acceptors (Lipinski definition) is 3. The van der Waals surface area contributed by atoms with Crippen LogP contribution in [0.5, 0.6) is 0 Å². The summed E-state index contributed by atoms with van der Waals surface area (Å²) in [5, 5.41) is 13.8. The molecule has 0 spiro atoms. The second kappa shape index (κ2) is 6.43. The van der Waals surface area contributed by atoms with Gasteiger partial charge in [0.2, 0.25) is 5.82 Å². The Morgan fingerprint density at radius 2 is 2.26 bits per heavy atom. The van der Waals surface area contributed by atoms with Crippen LogP contribution in [0.2, 0.25) is 0 Å². The fourth-order valence-corrected chi connectivity index (χ4v) is 2.27. The van der Waals surface area contributed by atoms with Gasteiger partial charge in [0.15, 0.2) is 0 Å². The molecule has 2 rings (SSSR count). The lowest BCUT2D eigenvalue weighted by Gasteiger charge is -2.18. The van der Waals surface area contributed by atoms with Crippen molar-refractivity contribution < 1.29 is 9.31 Å². The highest BCUT2D eigenvalue weighted by Crippen LogP contribution is 2.19. The fraction of sp³-hybridized carbons (Fsp3) is 0.429. The van der Waals surface area contributed by atoms with Gasteiger partial charge in [-0.1, -0.05) is 18.2 Å². The highest BCUT2D eigenvalue weighted by Gasteiger charge is 2.14. The molecule has 1 aromatic carbocycles. The predicted octanol–water partition coefficient (Wildman–Crippen LogP) is 3.18. The van der Waals surface area contributed by atoms with Crippen LogP contribution in [0.15, 0.2) is 30.4 Å². The van der Waals surface area contributed by atoms with Gasteiger partial charge in [-0.15, -0.1) is 0 Å². The quantitative estimate of drug-likeness (QED) is 0.505. The number of nitrogens with one attached hydrogen (secondary N) is 1. The van der Waals surface area contributed by atoms with Gasteiger partial charge in [-0.25, -0.2) is 0 Å². The molecule has 0 radical (unpaired) electrons. The summed E-state index contributed by atoms with van der Waals surface area (Å²) in [5.41, 5.74) is 0.260. The number of benzene rings is 1. The lowest BCUT2D eigenvalue weighted by Crippen LogP contribution is -2.23. The third kappa shape index (κ3) is 3.86. The van der Waals surface area contributed by atoms with Gasteiger partial charge in [0.1, 0.15) is 0 Å². The number of halogens is 1. The smallest absolute Gasteiger partial charge is 0.304 e. The Balaban J connectivity index is 1.84. The Kier molecular flexibility index (Phi) is 4.63. The van der Waals surface area contributed by atoms with Crippen molar-refractivity contribution in [3.63, 3.8) is 0 Å². The number of nitro groups is 1. The molecule has 0 aromatic heterocycles. The van der Waals surface area contributed by atoms with E-state index in [9.17, 15) is 14.5 Å². The normalized spacial score (nSPS) is 18.5. The van der Waals surface area contributed by atoms with E-state index in [-0.39, 0.29) is 0 Å². The van der Waals surface area contributed by atoms with Gasteiger partial charge in [0.25, 0.3) is 0 Å². The Hall–Kier alpha value is -1.75.